The summed E-state index contributed by atoms with van der Waals surface area (Å²) >= 11 is 0. The molecule has 1 aromatic carbocycles. The number of hydrogen-bond acceptors (Lipinski definition) is 6. The number of aryl methyl sites for hydroxylation is 2. The highest BCUT2D eigenvalue weighted by Gasteiger charge is 2.29. The van der Waals surface area contributed by atoms with E-state index in [1.54, 1.807) is 35.3 Å². The molecule has 0 N–H and O–H groups in total. The van der Waals surface area contributed by atoms with Crippen LogP contribution in [-0.2, 0) is 11.8 Å². The quantitative estimate of drug-likeness (QED) is 0.677. The van der Waals surface area contributed by atoms with E-state index in [9.17, 15) is 4.79 Å². The van der Waals surface area contributed by atoms with Gasteiger partial charge in [-0.25, -0.2) is 4.98 Å². The lowest BCUT2D eigenvalue weighted by Crippen LogP contribution is -2.42. The van der Waals surface area contributed by atoms with Gasteiger partial charge >= 0.3 is 0 Å². The Labute approximate surface area is 169 Å². The van der Waals surface area contributed by atoms with E-state index in [0.29, 0.717) is 31.0 Å². The van der Waals surface area contributed by atoms with Gasteiger partial charge in [0.15, 0.2) is 0 Å². The van der Waals surface area contributed by atoms with Crippen molar-refractivity contribution in [3.63, 3.8) is 0 Å². The van der Waals surface area contributed by atoms with E-state index >= 15 is 0 Å². The van der Waals surface area contributed by atoms with Crippen molar-refractivity contribution in [1.29, 1.82) is 0 Å². The van der Waals surface area contributed by atoms with Crippen LogP contribution in [0.15, 0.2) is 42.9 Å². The van der Waals surface area contributed by atoms with Crippen molar-refractivity contribution in [2.45, 2.75) is 13.0 Å². The topological polar surface area (TPSA) is 82.4 Å². The van der Waals surface area contributed by atoms with E-state index in [0.717, 1.165) is 22.7 Å². The Hall–Kier alpha value is -3.26. The molecule has 1 fully saturated rings. The van der Waals surface area contributed by atoms with Crippen LogP contribution in [0.1, 0.15) is 27.8 Å². The lowest BCUT2D eigenvalue weighted by Gasteiger charge is -2.32. The maximum Gasteiger partial charge on any atom is 0.257 e. The second-order valence-electron chi connectivity index (χ2n) is 6.97. The molecule has 0 spiro atoms. The summed E-state index contributed by atoms with van der Waals surface area (Å²) in [7, 11) is 3.44. The smallest absolute Gasteiger partial charge is 0.257 e. The number of nitrogens with zero attached hydrogens (tertiary/aromatic N) is 5. The van der Waals surface area contributed by atoms with E-state index in [-0.39, 0.29) is 12.0 Å². The standard InChI is InChI=1S/C21H23N5O3/c1-14-17(12-25(2)24-14)21(27)26-7-8-29-20(13-26)19-11-22-10-18(23-19)15-5-4-6-16(9-15)28-3/h4-6,9-12,20H,7-8,13H2,1-3H3. The number of carbonyl (C=O) groups is 1. The van der Waals surface area contributed by atoms with Gasteiger partial charge < -0.3 is 14.4 Å². The average molecular weight is 393 g/mol. The molecule has 1 atom stereocenters. The molecular formula is C21H23N5O3. The molecule has 8 heteroatoms. The minimum Gasteiger partial charge on any atom is -0.497 e. The number of benzene rings is 1. The summed E-state index contributed by atoms with van der Waals surface area (Å²) in [5, 5.41) is 4.27. The molecule has 1 unspecified atom stereocenters. The van der Waals surface area contributed by atoms with Crippen LogP contribution in [0.5, 0.6) is 5.75 Å². The van der Waals surface area contributed by atoms with Crippen molar-refractivity contribution >= 4 is 5.91 Å². The number of ether oxygens (including phenoxy) is 2. The highest BCUT2D eigenvalue weighted by atomic mass is 16.5. The number of carbonyl (C=O) groups excluding carboxylic acids is 1. The molecule has 0 radical (unpaired) electrons. The molecule has 3 aromatic rings. The first-order valence-electron chi connectivity index (χ1n) is 9.42. The number of methoxy groups -OCH3 is 1. The molecule has 0 aliphatic carbocycles. The first-order valence-corrected chi connectivity index (χ1v) is 9.42. The van der Waals surface area contributed by atoms with E-state index in [2.05, 4.69) is 10.1 Å². The van der Waals surface area contributed by atoms with Crippen LogP contribution in [0.2, 0.25) is 0 Å². The molecule has 0 bridgehead atoms. The zero-order valence-corrected chi connectivity index (χ0v) is 16.7. The van der Waals surface area contributed by atoms with Gasteiger partial charge in [0.1, 0.15) is 11.9 Å². The second kappa shape index (κ2) is 8.00. The molecule has 4 rings (SSSR count). The molecule has 1 aliphatic rings. The maximum atomic E-state index is 12.9. The first kappa shape index (κ1) is 19.1. The molecule has 1 aliphatic heterocycles. The van der Waals surface area contributed by atoms with E-state index in [1.165, 1.54) is 0 Å². The predicted octanol–water partition coefficient (Wildman–Crippen LogP) is 2.41. The summed E-state index contributed by atoms with van der Waals surface area (Å²) < 4.78 is 12.9. The van der Waals surface area contributed by atoms with Crippen LogP contribution in [0.4, 0.5) is 0 Å². The highest BCUT2D eigenvalue weighted by molar-refractivity contribution is 5.95. The van der Waals surface area contributed by atoms with Gasteiger partial charge in [-0.2, -0.15) is 5.10 Å². The maximum absolute atomic E-state index is 12.9. The predicted molar refractivity (Wildman–Crippen MR) is 107 cm³/mol. The van der Waals surface area contributed by atoms with E-state index in [1.807, 2.05) is 38.2 Å². The van der Waals surface area contributed by atoms with Crippen LogP contribution in [-0.4, -0.2) is 57.4 Å². The van der Waals surface area contributed by atoms with Crippen LogP contribution in [0.25, 0.3) is 11.3 Å². The van der Waals surface area contributed by atoms with Gasteiger partial charge in [-0.15, -0.1) is 0 Å². The van der Waals surface area contributed by atoms with Gasteiger partial charge in [0.25, 0.3) is 5.91 Å². The van der Waals surface area contributed by atoms with Gasteiger partial charge in [-0.1, -0.05) is 12.1 Å². The first-order chi connectivity index (χ1) is 14.0. The average Bonchev–Trinajstić information content (AvgIpc) is 3.11. The van der Waals surface area contributed by atoms with Crippen molar-refractivity contribution in [3.8, 4) is 17.0 Å². The Bertz CT molecular complexity index is 1030. The second-order valence-corrected chi connectivity index (χ2v) is 6.97. The molecule has 29 heavy (non-hydrogen) atoms. The van der Waals surface area contributed by atoms with Gasteiger partial charge in [0.2, 0.25) is 0 Å². The monoisotopic (exact) mass is 393 g/mol. The minimum absolute atomic E-state index is 0.0409. The van der Waals surface area contributed by atoms with Crippen LogP contribution in [0.3, 0.4) is 0 Å². The summed E-state index contributed by atoms with van der Waals surface area (Å²) in [6, 6.07) is 7.67. The van der Waals surface area contributed by atoms with Gasteiger partial charge in [0.05, 0.1) is 55.3 Å². The lowest BCUT2D eigenvalue weighted by atomic mass is 10.1. The normalized spacial score (nSPS) is 16.7. The van der Waals surface area contributed by atoms with Crippen molar-refractivity contribution < 1.29 is 14.3 Å². The SMILES string of the molecule is COc1cccc(-c2cncc(C3CN(C(=O)c4cn(C)nc4C)CCO3)n2)c1. The molecule has 150 valence electrons. The van der Waals surface area contributed by atoms with Crippen LogP contribution < -0.4 is 4.74 Å². The summed E-state index contributed by atoms with van der Waals surface area (Å²) in [5.41, 5.74) is 3.68. The van der Waals surface area contributed by atoms with Crippen LogP contribution >= 0.6 is 0 Å². The molecular weight excluding hydrogens is 370 g/mol. The summed E-state index contributed by atoms with van der Waals surface area (Å²) in [6.45, 7) is 3.24. The fourth-order valence-electron chi connectivity index (χ4n) is 3.45. The summed E-state index contributed by atoms with van der Waals surface area (Å²) in [6.07, 6.45) is 4.83. The molecule has 1 saturated heterocycles. The molecule has 0 saturated carbocycles. The zero-order chi connectivity index (χ0) is 20.4. The van der Waals surface area contributed by atoms with Crippen molar-refractivity contribution in [3.05, 3.63) is 59.8 Å². The zero-order valence-electron chi connectivity index (χ0n) is 16.7. The van der Waals surface area contributed by atoms with Gasteiger partial charge in [-0.05, 0) is 19.1 Å². The number of hydrogen-bond donors (Lipinski definition) is 0. The summed E-state index contributed by atoms with van der Waals surface area (Å²) in [5.74, 6) is 0.716. The fraction of sp³-hybridized carbons (Fsp3) is 0.333. The summed E-state index contributed by atoms with van der Waals surface area (Å²) in [4.78, 5) is 23.8. The Morgan fingerprint density at radius 1 is 1.31 bits per heavy atom. The van der Waals surface area contributed by atoms with Gasteiger partial charge in [-0.3, -0.25) is 14.5 Å². The van der Waals surface area contributed by atoms with Crippen molar-refractivity contribution in [1.82, 2.24) is 24.6 Å². The Morgan fingerprint density at radius 2 is 2.17 bits per heavy atom. The number of amides is 1. The highest BCUT2D eigenvalue weighted by Crippen LogP contribution is 2.26. The molecule has 2 aromatic heterocycles. The third-order valence-corrected chi connectivity index (χ3v) is 4.95. The Morgan fingerprint density at radius 3 is 2.93 bits per heavy atom. The fourth-order valence-corrected chi connectivity index (χ4v) is 3.45. The molecule has 3 heterocycles. The number of rotatable bonds is 4. The third-order valence-electron chi connectivity index (χ3n) is 4.95. The van der Waals surface area contributed by atoms with Crippen molar-refractivity contribution in [2.24, 2.45) is 7.05 Å². The van der Waals surface area contributed by atoms with Crippen LogP contribution in [0, 0.1) is 6.92 Å². The van der Waals surface area contributed by atoms with Crippen molar-refractivity contribution in [2.75, 3.05) is 26.8 Å². The molecule has 1 amide bonds. The third kappa shape index (κ3) is 3.97. The number of morpholine rings is 1. The number of aromatic nitrogens is 4. The largest absolute Gasteiger partial charge is 0.497 e. The Kier molecular flexibility index (Phi) is 5.26. The molecule has 8 nitrogen and oxygen atoms in total. The van der Waals surface area contributed by atoms with E-state index in [4.69, 9.17) is 14.5 Å². The minimum atomic E-state index is -0.331. The van der Waals surface area contributed by atoms with Gasteiger partial charge in [0, 0.05) is 25.4 Å². The van der Waals surface area contributed by atoms with E-state index < -0.39 is 0 Å². The Balaban J connectivity index is 1.55. The lowest BCUT2D eigenvalue weighted by molar-refractivity contribution is -0.0248.